The van der Waals surface area contributed by atoms with Crippen LogP contribution in [0.25, 0.3) is 16.2 Å². The SMILES string of the molecule is COc1ccc(OC)c(-c2c(C)sc3nc(C(F)(F)F)c(C(=O)O)n23)c1. The molecule has 2 heterocycles. The number of benzene rings is 1. The number of halogens is 3. The van der Waals surface area contributed by atoms with Crippen LogP contribution in [0, 0.1) is 6.92 Å². The Hall–Kier alpha value is -2.75. The zero-order valence-corrected chi connectivity index (χ0v) is 14.7. The van der Waals surface area contributed by atoms with E-state index in [9.17, 15) is 23.1 Å². The topological polar surface area (TPSA) is 73.1 Å². The average Bonchev–Trinajstić information content (AvgIpc) is 3.08. The molecule has 0 amide bonds. The third-order valence-corrected chi connectivity index (χ3v) is 4.74. The molecule has 6 nitrogen and oxygen atoms in total. The molecule has 0 spiro atoms. The van der Waals surface area contributed by atoms with Crippen molar-refractivity contribution in [1.29, 1.82) is 0 Å². The van der Waals surface area contributed by atoms with E-state index in [1.165, 1.54) is 14.2 Å². The van der Waals surface area contributed by atoms with Gasteiger partial charge in [-0.3, -0.25) is 4.40 Å². The molecule has 138 valence electrons. The molecule has 3 rings (SSSR count). The molecule has 0 atom stereocenters. The van der Waals surface area contributed by atoms with Crippen molar-refractivity contribution < 1.29 is 32.5 Å². The van der Waals surface area contributed by atoms with Crippen LogP contribution in [0.4, 0.5) is 13.2 Å². The van der Waals surface area contributed by atoms with Crippen LogP contribution in [0.1, 0.15) is 21.1 Å². The van der Waals surface area contributed by atoms with Crippen LogP contribution in [-0.2, 0) is 6.18 Å². The molecule has 26 heavy (non-hydrogen) atoms. The smallest absolute Gasteiger partial charge is 0.435 e. The summed E-state index contributed by atoms with van der Waals surface area (Å²) < 4.78 is 51.2. The summed E-state index contributed by atoms with van der Waals surface area (Å²) in [4.78, 5) is 15.6. The Bertz CT molecular complexity index is 1010. The lowest BCUT2D eigenvalue weighted by atomic mass is 10.1. The van der Waals surface area contributed by atoms with E-state index in [2.05, 4.69) is 4.98 Å². The lowest BCUT2D eigenvalue weighted by molar-refractivity contribution is -0.141. The van der Waals surface area contributed by atoms with E-state index in [-0.39, 0.29) is 10.7 Å². The quantitative estimate of drug-likeness (QED) is 0.731. The number of aryl methyl sites for hydroxylation is 1. The number of aromatic carboxylic acids is 1. The van der Waals surface area contributed by atoms with Gasteiger partial charge in [0, 0.05) is 10.4 Å². The highest BCUT2D eigenvalue weighted by atomic mass is 32.1. The van der Waals surface area contributed by atoms with Gasteiger partial charge < -0.3 is 14.6 Å². The highest BCUT2D eigenvalue weighted by Gasteiger charge is 2.41. The molecule has 0 bridgehead atoms. The minimum absolute atomic E-state index is 0.0629. The lowest BCUT2D eigenvalue weighted by Gasteiger charge is -2.12. The normalized spacial score (nSPS) is 11.8. The van der Waals surface area contributed by atoms with E-state index in [1.54, 1.807) is 25.1 Å². The van der Waals surface area contributed by atoms with Gasteiger partial charge in [0.25, 0.3) is 0 Å². The van der Waals surface area contributed by atoms with Gasteiger partial charge in [-0.2, -0.15) is 13.2 Å². The molecule has 0 aliphatic heterocycles. The number of carbonyl (C=O) groups is 1. The van der Waals surface area contributed by atoms with Crippen LogP contribution in [0.15, 0.2) is 18.2 Å². The number of carboxylic acids is 1. The number of carboxylic acid groups (broad SMARTS) is 1. The molecule has 0 fully saturated rings. The van der Waals surface area contributed by atoms with Crippen LogP contribution in [0.3, 0.4) is 0 Å². The molecule has 3 aromatic rings. The first-order chi connectivity index (χ1) is 12.2. The third kappa shape index (κ3) is 2.75. The molecule has 0 aliphatic rings. The molecule has 1 N–H and O–H groups in total. The number of thiazole rings is 1. The van der Waals surface area contributed by atoms with Crippen molar-refractivity contribution in [2.75, 3.05) is 14.2 Å². The van der Waals surface area contributed by atoms with Crippen LogP contribution in [-0.4, -0.2) is 34.7 Å². The second kappa shape index (κ2) is 6.20. The van der Waals surface area contributed by atoms with E-state index < -0.39 is 23.5 Å². The first-order valence-electron chi connectivity index (χ1n) is 7.23. The van der Waals surface area contributed by atoms with Gasteiger partial charge in [0.15, 0.2) is 16.3 Å². The highest BCUT2D eigenvalue weighted by molar-refractivity contribution is 7.17. The van der Waals surface area contributed by atoms with Crippen molar-refractivity contribution in [3.63, 3.8) is 0 Å². The number of hydrogen-bond acceptors (Lipinski definition) is 5. The van der Waals surface area contributed by atoms with Crippen molar-refractivity contribution in [3.8, 4) is 22.8 Å². The summed E-state index contributed by atoms with van der Waals surface area (Å²) in [6.45, 7) is 1.67. The Morgan fingerprint density at radius 1 is 1.27 bits per heavy atom. The van der Waals surface area contributed by atoms with Crippen molar-refractivity contribution in [3.05, 3.63) is 34.5 Å². The first-order valence-corrected chi connectivity index (χ1v) is 8.05. The maximum absolute atomic E-state index is 13.2. The molecular weight excluding hydrogens is 373 g/mol. The third-order valence-electron chi connectivity index (χ3n) is 3.78. The van der Waals surface area contributed by atoms with Crippen molar-refractivity contribution >= 4 is 22.3 Å². The molecule has 0 aliphatic carbocycles. The molecule has 10 heteroatoms. The molecular formula is C16H13F3N2O4S. The molecule has 0 unspecified atom stereocenters. The van der Waals surface area contributed by atoms with Crippen LogP contribution in [0.5, 0.6) is 11.5 Å². The van der Waals surface area contributed by atoms with E-state index in [1.807, 2.05) is 0 Å². The second-order valence-corrected chi connectivity index (χ2v) is 6.48. The fourth-order valence-corrected chi connectivity index (χ4v) is 3.71. The van der Waals surface area contributed by atoms with Crippen LogP contribution < -0.4 is 9.47 Å². The van der Waals surface area contributed by atoms with Crippen molar-refractivity contribution in [2.45, 2.75) is 13.1 Å². The molecule has 0 saturated carbocycles. The summed E-state index contributed by atoms with van der Waals surface area (Å²) >= 11 is 0.967. The fraction of sp³-hybridized carbons (Fsp3) is 0.250. The summed E-state index contributed by atoms with van der Waals surface area (Å²) in [5.41, 5.74) is -1.69. The summed E-state index contributed by atoms with van der Waals surface area (Å²) in [5.74, 6) is -0.898. The molecule has 2 aromatic heterocycles. The average molecular weight is 386 g/mol. The van der Waals surface area contributed by atoms with Gasteiger partial charge in [-0.25, -0.2) is 9.78 Å². The molecule has 0 radical (unpaired) electrons. The largest absolute Gasteiger partial charge is 0.497 e. The van der Waals surface area contributed by atoms with Gasteiger partial charge in [0.1, 0.15) is 11.5 Å². The van der Waals surface area contributed by atoms with Gasteiger partial charge in [-0.1, -0.05) is 0 Å². The Balaban J connectivity index is 2.43. The number of imidazole rings is 1. The minimum Gasteiger partial charge on any atom is -0.497 e. The van der Waals surface area contributed by atoms with Crippen molar-refractivity contribution in [1.82, 2.24) is 9.38 Å². The van der Waals surface area contributed by atoms with E-state index in [0.717, 1.165) is 15.7 Å². The number of fused-ring (bicyclic) bond motifs is 1. The first kappa shape index (κ1) is 18.1. The number of rotatable bonds is 4. The number of aromatic nitrogens is 2. The van der Waals surface area contributed by atoms with E-state index in [4.69, 9.17) is 9.47 Å². The number of nitrogens with zero attached hydrogens (tertiary/aromatic N) is 2. The Morgan fingerprint density at radius 2 is 1.96 bits per heavy atom. The van der Waals surface area contributed by atoms with E-state index in [0.29, 0.717) is 21.9 Å². The standard InChI is InChI=1S/C16H13F3N2O4S/c1-7-11(9-6-8(24-2)4-5-10(9)25-3)21-12(14(22)23)13(16(17,18)19)20-15(21)26-7/h4-6H,1-3H3,(H,22,23). The summed E-state index contributed by atoms with van der Waals surface area (Å²) in [6.07, 6.45) is -4.89. The zero-order chi connectivity index (χ0) is 19.2. The fourth-order valence-electron chi connectivity index (χ4n) is 2.72. The maximum Gasteiger partial charge on any atom is 0.435 e. The minimum atomic E-state index is -4.89. The number of hydrogen-bond donors (Lipinski definition) is 1. The van der Waals surface area contributed by atoms with Gasteiger partial charge in [0.05, 0.1) is 19.9 Å². The maximum atomic E-state index is 13.2. The Morgan fingerprint density at radius 3 is 2.50 bits per heavy atom. The molecule has 1 aromatic carbocycles. The van der Waals surface area contributed by atoms with Gasteiger partial charge in [0.2, 0.25) is 0 Å². The molecule has 0 saturated heterocycles. The predicted octanol–water partition coefficient (Wildman–Crippen LogP) is 4.11. The Kier molecular flexibility index (Phi) is 4.31. The van der Waals surface area contributed by atoms with Gasteiger partial charge in [-0.15, -0.1) is 11.3 Å². The highest BCUT2D eigenvalue weighted by Crippen LogP contribution is 2.42. The number of methoxy groups -OCH3 is 2. The van der Waals surface area contributed by atoms with Gasteiger partial charge >= 0.3 is 12.1 Å². The van der Waals surface area contributed by atoms with Crippen LogP contribution >= 0.6 is 11.3 Å². The van der Waals surface area contributed by atoms with E-state index >= 15 is 0 Å². The van der Waals surface area contributed by atoms with Crippen molar-refractivity contribution in [2.24, 2.45) is 0 Å². The monoisotopic (exact) mass is 386 g/mol. The summed E-state index contributed by atoms with van der Waals surface area (Å²) in [7, 11) is 2.86. The summed E-state index contributed by atoms with van der Waals surface area (Å²) in [5, 5.41) is 9.41. The number of alkyl halides is 3. The number of ether oxygens (including phenoxy) is 2. The van der Waals surface area contributed by atoms with Gasteiger partial charge in [-0.05, 0) is 25.1 Å². The lowest BCUT2D eigenvalue weighted by Crippen LogP contribution is -2.14. The Labute approximate surface area is 149 Å². The zero-order valence-electron chi connectivity index (χ0n) is 13.8. The predicted molar refractivity (Wildman–Crippen MR) is 88.3 cm³/mol. The second-order valence-electron chi connectivity index (χ2n) is 5.30. The summed E-state index contributed by atoms with van der Waals surface area (Å²) in [6, 6.07) is 4.81. The van der Waals surface area contributed by atoms with Crippen LogP contribution in [0.2, 0.25) is 0 Å².